The number of primary sulfonamides is 1. The predicted molar refractivity (Wildman–Crippen MR) is 89.8 cm³/mol. The van der Waals surface area contributed by atoms with Crippen molar-refractivity contribution in [3.8, 4) is 0 Å². The van der Waals surface area contributed by atoms with Gasteiger partial charge in [0, 0.05) is 38.8 Å². The molecule has 1 aromatic rings. The molecule has 3 amide bonds. The van der Waals surface area contributed by atoms with E-state index in [0.717, 1.165) is 0 Å². The van der Waals surface area contributed by atoms with Gasteiger partial charge < -0.3 is 15.1 Å². The number of urea groups is 1. The van der Waals surface area contributed by atoms with Crippen LogP contribution in [-0.2, 0) is 14.8 Å². The van der Waals surface area contributed by atoms with Crippen LogP contribution in [0.15, 0.2) is 29.2 Å². The fourth-order valence-corrected chi connectivity index (χ4v) is 3.10. The second kappa shape index (κ2) is 7.18. The number of benzene rings is 1. The van der Waals surface area contributed by atoms with Crippen molar-refractivity contribution in [1.29, 1.82) is 0 Å². The number of piperidine rings is 1. The summed E-state index contributed by atoms with van der Waals surface area (Å²) in [5.74, 6) is -0.301. The van der Waals surface area contributed by atoms with E-state index < -0.39 is 10.0 Å². The van der Waals surface area contributed by atoms with Crippen LogP contribution in [0.5, 0.6) is 0 Å². The average molecular weight is 354 g/mol. The van der Waals surface area contributed by atoms with Crippen LogP contribution in [0.1, 0.15) is 12.8 Å². The number of hydrogen-bond donors (Lipinski definition) is 2. The lowest BCUT2D eigenvalue weighted by atomic mass is 9.96. The zero-order chi connectivity index (χ0) is 17.9. The quantitative estimate of drug-likeness (QED) is 0.830. The molecular formula is C15H22N4O4S. The SMILES string of the molecule is CN(C)C(=O)N1CCC(C(=O)Nc2ccc(S(N)(=O)=O)cc2)CC1. The first-order valence-corrected chi connectivity index (χ1v) is 9.13. The van der Waals surface area contributed by atoms with Gasteiger partial charge in [-0.05, 0) is 37.1 Å². The van der Waals surface area contributed by atoms with Crippen molar-refractivity contribution in [1.82, 2.24) is 9.80 Å². The molecule has 9 heteroatoms. The Balaban J connectivity index is 1.91. The second-order valence-corrected chi connectivity index (χ2v) is 7.56. The maximum atomic E-state index is 12.3. The van der Waals surface area contributed by atoms with Crippen LogP contribution in [0, 0.1) is 5.92 Å². The van der Waals surface area contributed by atoms with Gasteiger partial charge in [0.25, 0.3) is 0 Å². The summed E-state index contributed by atoms with van der Waals surface area (Å²) in [5, 5.41) is 7.80. The number of hydrogen-bond acceptors (Lipinski definition) is 4. The number of carbonyl (C=O) groups excluding carboxylic acids is 2. The standard InChI is InChI=1S/C15H22N4O4S/c1-18(2)15(21)19-9-7-11(8-10-19)14(20)17-12-3-5-13(6-4-12)24(16,22)23/h3-6,11H,7-10H2,1-2H3,(H,17,20)(H2,16,22,23). The lowest BCUT2D eigenvalue weighted by molar-refractivity contribution is -0.121. The van der Waals surface area contributed by atoms with E-state index in [0.29, 0.717) is 31.6 Å². The molecule has 1 saturated heterocycles. The zero-order valence-corrected chi connectivity index (χ0v) is 14.5. The average Bonchev–Trinajstić information content (AvgIpc) is 2.54. The van der Waals surface area contributed by atoms with Crippen molar-refractivity contribution in [3.05, 3.63) is 24.3 Å². The van der Waals surface area contributed by atoms with Crippen LogP contribution >= 0.6 is 0 Å². The first-order valence-electron chi connectivity index (χ1n) is 7.58. The van der Waals surface area contributed by atoms with Crippen molar-refractivity contribution < 1.29 is 18.0 Å². The minimum atomic E-state index is -3.74. The van der Waals surface area contributed by atoms with Crippen molar-refractivity contribution in [3.63, 3.8) is 0 Å². The first kappa shape index (κ1) is 18.2. The van der Waals surface area contributed by atoms with Gasteiger partial charge in [-0.15, -0.1) is 0 Å². The molecule has 0 atom stereocenters. The number of nitrogens with zero attached hydrogens (tertiary/aromatic N) is 2. The highest BCUT2D eigenvalue weighted by molar-refractivity contribution is 7.89. The molecule has 2 rings (SSSR count). The van der Waals surface area contributed by atoms with E-state index in [2.05, 4.69) is 5.32 Å². The van der Waals surface area contributed by atoms with Crippen LogP contribution in [0.25, 0.3) is 0 Å². The van der Waals surface area contributed by atoms with E-state index in [1.54, 1.807) is 19.0 Å². The molecule has 0 saturated carbocycles. The molecule has 1 aliphatic rings. The summed E-state index contributed by atoms with van der Waals surface area (Å²) >= 11 is 0. The van der Waals surface area contributed by atoms with E-state index in [9.17, 15) is 18.0 Å². The van der Waals surface area contributed by atoms with Gasteiger partial charge in [-0.25, -0.2) is 18.4 Å². The van der Waals surface area contributed by atoms with Crippen molar-refractivity contribution in [2.75, 3.05) is 32.5 Å². The molecule has 3 N–H and O–H groups in total. The Kier molecular flexibility index (Phi) is 5.45. The van der Waals surface area contributed by atoms with Gasteiger partial charge in [0.1, 0.15) is 0 Å². The predicted octanol–water partition coefficient (Wildman–Crippen LogP) is 0.666. The Morgan fingerprint density at radius 3 is 2.17 bits per heavy atom. The van der Waals surface area contributed by atoms with E-state index in [4.69, 9.17) is 5.14 Å². The topological polar surface area (TPSA) is 113 Å². The molecule has 0 aliphatic carbocycles. The molecule has 1 heterocycles. The Morgan fingerprint density at radius 1 is 1.17 bits per heavy atom. The Hall–Kier alpha value is -2.13. The normalized spacial score (nSPS) is 15.9. The summed E-state index contributed by atoms with van der Waals surface area (Å²) in [5.41, 5.74) is 0.513. The molecule has 0 unspecified atom stereocenters. The summed E-state index contributed by atoms with van der Waals surface area (Å²) < 4.78 is 22.4. The lowest BCUT2D eigenvalue weighted by Crippen LogP contribution is -2.45. The van der Waals surface area contributed by atoms with Crippen LogP contribution in [0.2, 0.25) is 0 Å². The summed E-state index contributed by atoms with van der Waals surface area (Å²) in [6.45, 7) is 1.08. The number of anilines is 1. The van der Waals surface area contributed by atoms with Crippen LogP contribution in [0.3, 0.4) is 0 Å². The fourth-order valence-electron chi connectivity index (χ4n) is 2.59. The van der Waals surface area contributed by atoms with Crippen molar-refractivity contribution >= 4 is 27.6 Å². The Bertz CT molecular complexity index is 707. The van der Waals surface area contributed by atoms with E-state index in [1.807, 2.05) is 0 Å². The molecule has 24 heavy (non-hydrogen) atoms. The number of rotatable bonds is 3. The van der Waals surface area contributed by atoms with Crippen molar-refractivity contribution in [2.45, 2.75) is 17.7 Å². The highest BCUT2D eigenvalue weighted by Crippen LogP contribution is 2.21. The molecule has 0 radical (unpaired) electrons. The molecule has 8 nitrogen and oxygen atoms in total. The number of nitrogens with one attached hydrogen (secondary N) is 1. The molecule has 1 fully saturated rings. The van der Waals surface area contributed by atoms with Gasteiger partial charge in [0.05, 0.1) is 4.90 Å². The van der Waals surface area contributed by atoms with Crippen LogP contribution in [-0.4, -0.2) is 57.3 Å². The van der Waals surface area contributed by atoms with Crippen molar-refractivity contribution in [2.24, 2.45) is 11.1 Å². The van der Waals surface area contributed by atoms with Gasteiger partial charge in [-0.2, -0.15) is 0 Å². The number of carbonyl (C=O) groups is 2. The van der Waals surface area contributed by atoms with E-state index in [-0.39, 0.29) is 22.8 Å². The molecule has 0 aromatic heterocycles. The highest BCUT2D eigenvalue weighted by atomic mass is 32.2. The molecule has 1 aromatic carbocycles. The monoisotopic (exact) mass is 354 g/mol. The fraction of sp³-hybridized carbons (Fsp3) is 0.467. The van der Waals surface area contributed by atoms with Crippen LogP contribution < -0.4 is 10.5 Å². The van der Waals surface area contributed by atoms with Gasteiger partial charge in [0.15, 0.2) is 0 Å². The maximum absolute atomic E-state index is 12.3. The second-order valence-electron chi connectivity index (χ2n) is 6.00. The smallest absolute Gasteiger partial charge is 0.319 e. The summed E-state index contributed by atoms with van der Waals surface area (Å²) in [6.07, 6.45) is 1.20. The third kappa shape index (κ3) is 4.45. The molecule has 0 bridgehead atoms. The van der Waals surface area contributed by atoms with Gasteiger partial charge in [-0.3, -0.25) is 4.79 Å². The molecule has 132 valence electrons. The summed E-state index contributed by atoms with van der Waals surface area (Å²) in [4.78, 5) is 27.4. The maximum Gasteiger partial charge on any atom is 0.319 e. The summed E-state index contributed by atoms with van der Waals surface area (Å²) in [6, 6.07) is 5.66. The van der Waals surface area contributed by atoms with E-state index >= 15 is 0 Å². The van der Waals surface area contributed by atoms with Gasteiger partial charge >= 0.3 is 6.03 Å². The lowest BCUT2D eigenvalue weighted by Gasteiger charge is -2.33. The molecule has 1 aliphatic heterocycles. The summed E-state index contributed by atoms with van der Waals surface area (Å²) in [7, 11) is -0.343. The minimum absolute atomic E-state index is 0.00370. The highest BCUT2D eigenvalue weighted by Gasteiger charge is 2.28. The van der Waals surface area contributed by atoms with E-state index in [1.165, 1.54) is 29.2 Å². The largest absolute Gasteiger partial charge is 0.331 e. The number of sulfonamides is 1. The van der Waals surface area contributed by atoms with Gasteiger partial charge in [0.2, 0.25) is 15.9 Å². The number of amides is 3. The number of nitrogens with two attached hydrogens (primary N) is 1. The van der Waals surface area contributed by atoms with Gasteiger partial charge in [-0.1, -0.05) is 0 Å². The molecular weight excluding hydrogens is 332 g/mol. The third-order valence-electron chi connectivity index (χ3n) is 3.97. The van der Waals surface area contributed by atoms with Crippen LogP contribution in [0.4, 0.5) is 10.5 Å². The Labute approximate surface area is 141 Å². The molecule has 0 spiro atoms. The Morgan fingerprint density at radius 2 is 1.71 bits per heavy atom. The third-order valence-corrected chi connectivity index (χ3v) is 4.90. The zero-order valence-electron chi connectivity index (χ0n) is 13.7. The first-order chi connectivity index (χ1) is 11.2. The number of likely N-dealkylation sites (tertiary alicyclic amines) is 1. The minimum Gasteiger partial charge on any atom is -0.331 e.